The summed E-state index contributed by atoms with van der Waals surface area (Å²) >= 11 is 7.66. The van der Waals surface area contributed by atoms with Crippen LogP contribution in [-0.2, 0) is 5.75 Å². The molecule has 4 heteroatoms. The van der Waals surface area contributed by atoms with E-state index in [-0.39, 0.29) is 0 Å². The molecule has 1 N–H and O–H groups in total. The summed E-state index contributed by atoms with van der Waals surface area (Å²) in [4.78, 5) is 7.70. The van der Waals surface area contributed by atoms with Gasteiger partial charge < -0.3 is 4.98 Å². The number of rotatable bonds is 2. The number of aromatic amines is 1. The van der Waals surface area contributed by atoms with E-state index in [1.54, 1.807) is 0 Å². The van der Waals surface area contributed by atoms with Crippen LogP contribution >= 0.6 is 28.6 Å². The Bertz CT molecular complexity index is 479. The van der Waals surface area contributed by atoms with Gasteiger partial charge in [-0.15, -0.1) is 0 Å². The van der Waals surface area contributed by atoms with Gasteiger partial charge in [0.05, 0.1) is 5.69 Å². The molecule has 0 aliphatic heterocycles. The zero-order valence-electron chi connectivity index (χ0n) is 8.29. The molecule has 2 nitrogen and oxygen atoms in total. The van der Waals surface area contributed by atoms with Crippen LogP contribution in [0.25, 0.3) is 11.3 Å². The first-order chi connectivity index (χ1) is 7.20. The van der Waals surface area contributed by atoms with Crippen LogP contribution in [-0.4, -0.2) is 9.97 Å². The van der Waals surface area contributed by atoms with Crippen molar-refractivity contribution in [3.63, 3.8) is 0 Å². The molecule has 2 aromatic rings. The average Bonchev–Trinajstić information content (AvgIpc) is 2.60. The second-order valence-electron chi connectivity index (χ2n) is 3.33. The SMILES string of the molecule is Cc1[nH]c(CS)nc1-c1cccc(Br)c1. The highest BCUT2D eigenvalue weighted by Gasteiger charge is 2.07. The number of halogens is 1. The first-order valence-corrected chi connectivity index (χ1v) is 6.05. The number of thiol groups is 1. The lowest BCUT2D eigenvalue weighted by molar-refractivity contribution is 1.11. The molecule has 0 bridgehead atoms. The minimum absolute atomic E-state index is 0.634. The van der Waals surface area contributed by atoms with Crippen LogP contribution in [0.4, 0.5) is 0 Å². The highest BCUT2D eigenvalue weighted by atomic mass is 79.9. The zero-order valence-corrected chi connectivity index (χ0v) is 10.8. The summed E-state index contributed by atoms with van der Waals surface area (Å²) in [6.45, 7) is 2.02. The number of imidazole rings is 1. The number of aryl methyl sites for hydroxylation is 1. The highest BCUT2D eigenvalue weighted by Crippen LogP contribution is 2.24. The van der Waals surface area contributed by atoms with Crippen molar-refractivity contribution in [2.45, 2.75) is 12.7 Å². The number of H-pyrrole nitrogens is 1. The van der Waals surface area contributed by atoms with Crippen LogP contribution < -0.4 is 0 Å². The number of hydrogen-bond acceptors (Lipinski definition) is 2. The van der Waals surface area contributed by atoms with Gasteiger partial charge in [0, 0.05) is 21.5 Å². The molecule has 1 aromatic heterocycles. The van der Waals surface area contributed by atoms with Gasteiger partial charge >= 0.3 is 0 Å². The molecule has 0 saturated carbocycles. The summed E-state index contributed by atoms with van der Waals surface area (Å²) in [5.41, 5.74) is 3.20. The maximum absolute atomic E-state index is 4.49. The molecule has 0 saturated heterocycles. The van der Waals surface area contributed by atoms with Crippen LogP contribution in [0.2, 0.25) is 0 Å². The molecule has 0 spiro atoms. The highest BCUT2D eigenvalue weighted by molar-refractivity contribution is 9.10. The molecule has 0 amide bonds. The summed E-state index contributed by atoms with van der Waals surface area (Å²) in [6, 6.07) is 8.13. The smallest absolute Gasteiger partial charge is 0.116 e. The Morgan fingerprint density at radius 1 is 1.47 bits per heavy atom. The summed E-state index contributed by atoms with van der Waals surface area (Å²) in [7, 11) is 0. The summed E-state index contributed by atoms with van der Waals surface area (Å²) < 4.78 is 1.06. The maximum atomic E-state index is 4.49. The molecular formula is C11H11BrN2S. The summed E-state index contributed by atoms with van der Waals surface area (Å²) in [6.07, 6.45) is 0. The van der Waals surface area contributed by atoms with E-state index in [9.17, 15) is 0 Å². The molecule has 1 heterocycles. The zero-order chi connectivity index (χ0) is 10.8. The van der Waals surface area contributed by atoms with Crippen LogP contribution in [0.3, 0.4) is 0 Å². The Labute approximate surface area is 103 Å². The Hall–Kier alpha value is -0.740. The third-order valence-corrected chi connectivity index (χ3v) is 2.97. The molecule has 1 aromatic carbocycles. The number of nitrogens with zero attached hydrogens (tertiary/aromatic N) is 1. The van der Waals surface area contributed by atoms with Gasteiger partial charge in [0.15, 0.2) is 0 Å². The van der Waals surface area contributed by atoms with E-state index < -0.39 is 0 Å². The molecule has 0 radical (unpaired) electrons. The van der Waals surface area contributed by atoms with Crippen molar-refractivity contribution in [3.8, 4) is 11.3 Å². The van der Waals surface area contributed by atoms with Crippen molar-refractivity contribution < 1.29 is 0 Å². The van der Waals surface area contributed by atoms with Gasteiger partial charge in [-0.1, -0.05) is 28.1 Å². The second-order valence-corrected chi connectivity index (χ2v) is 4.56. The van der Waals surface area contributed by atoms with Crippen molar-refractivity contribution in [3.05, 3.63) is 40.3 Å². The van der Waals surface area contributed by atoms with Crippen LogP contribution in [0, 0.1) is 6.92 Å². The molecule has 2 rings (SSSR count). The Balaban J connectivity index is 2.48. The van der Waals surface area contributed by atoms with Crippen molar-refractivity contribution in [1.82, 2.24) is 9.97 Å². The first-order valence-electron chi connectivity index (χ1n) is 4.63. The Morgan fingerprint density at radius 2 is 2.27 bits per heavy atom. The Kier molecular flexibility index (Phi) is 3.17. The van der Waals surface area contributed by atoms with E-state index in [4.69, 9.17) is 0 Å². The molecule has 0 aliphatic rings. The van der Waals surface area contributed by atoms with Gasteiger partial charge in [-0.2, -0.15) is 12.6 Å². The molecule has 78 valence electrons. The predicted octanol–water partition coefficient (Wildman–Crippen LogP) is 3.58. The van der Waals surface area contributed by atoms with Crippen LogP contribution in [0.15, 0.2) is 28.7 Å². The molecular weight excluding hydrogens is 272 g/mol. The standard InChI is InChI=1S/C11H11BrN2S/c1-7-11(14-10(6-15)13-7)8-3-2-4-9(12)5-8/h2-5,15H,6H2,1H3,(H,13,14). The number of aromatic nitrogens is 2. The lowest BCUT2D eigenvalue weighted by Gasteiger charge is -1.98. The second kappa shape index (κ2) is 4.41. The molecule has 0 unspecified atom stereocenters. The fourth-order valence-corrected chi connectivity index (χ4v) is 2.06. The van der Waals surface area contributed by atoms with E-state index in [1.165, 1.54) is 0 Å². The lowest BCUT2D eigenvalue weighted by atomic mass is 10.1. The predicted molar refractivity (Wildman–Crippen MR) is 69.2 cm³/mol. The van der Waals surface area contributed by atoms with E-state index in [1.807, 2.05) is 19.1 Å². The summed E-state index contributed by atoms with van der Waals surface area (Å²) in [5.74, 6) is 1.54. The largest absolute Gasteiger partial charge is 0.345 e. The number of nitrogens with one attached hydrogen (secondary N) is 1. The van der Waals surface area contributed by atoms with E-state index >= 15 is 0 Å². The Morgan fingerprint density at radius 3 is 2.87 bits per heavy atom. The van der Waals surface area contributed by atoms with Gasteiger partial charge in [-0.25, -0.2) is 4.98 Å². The van der Waals surface area contributed by atoms with Crippen molar-refractivity contribution in [2.24, 2.45) is 0 Å². The fraction of sp³-hybridized carbons (Fsp3) is 0.182. The quantitative estimate of drug-likeness (QED) is 0.810. The van der Waals surface area contributed by atoms with Gasteiger partial charge in [0.2, 0.25) is 0 Å². The van der Waals surface area contributed by atoms with Crippen LogP contribution in [0.5, 0.6) is 0 Å². The normalized spacial score (nSPS) is 10.6. The molecule has 0 fully saturated rings. The van der Waals surface area contributed by atoms with E-state index in [0.29, 0.717) is 5.75 Å². The van der Waals surface area contributed by atoms with Gasteiger partial charge in [-0.05, 0) is 19.1 Å². The average molecular weight is 283 g/mol. The van der Waals surface area contributed by atoms with E-state index in [2.05, 4.69) is 50.7 Å². The van der Waals surface area contributed by atoms with Crippen molar-refractivity contribution in [2.75, 3.05) is 0 Å². The molecule has 0 atom stereocenters. The minimum Gasteiger partial charge on any atom is -0.345 e. The van der Waals surface area contributed by atoms with Crippen LogP contribution in [0.1, 0.15) is 11.5 Å². The van der Waals surface area contributed by atoms with Gasteiger partial charge in [0.1, 0.15) is 5.82 Å². The van der Waals surface area contributed by atoms with E-state index in [0.717, 1.165) is 27.2 Å². The summed E-state index contributed by atoms with van der Waals surface area (Å²) in [5, 5.41) is 0. The minimum atomic E-state index is 0.634. The lowest BCUT2D eigenvalue weighted by Crippen LogP contribution is -1.81. The molecule has 0 aliphatic carbocycles. The van der Waals surface area contributed by atoms with Crippen molar-refractivity contribution >= 4 is 28.6 Å². The first kappa shape index (κ1) is 10.8. The number of hydrogen-bond donors (Lipinski definition) is 2. The third kappa shape index (κ3) is 2.26. The van der Waals surface area contributed by atoms with Gasteiger partial charge in [0.25, 0.3) is 0 Å². The van der Waals surface area contributed by atoms with Gasteiger partial charge in [-0.3, -0.25) is 0 Å². The fourth-order valence-electron chi connectivity index (χ4n) is 1.51. The third-order valence-electron chi connectivity index (χ3n) is 2.18. The monoisotopic (exact) mass is 282 g/mol. The molecule has 15 heavy (non-hydrogen) atoms. The topological polar surface area (TPSA) is 28.7 Å². The van der Waals surface area contributed by atoms with Crippen molar-refractivity contribution in [1.29, 1.82) is 0 Å². The maximum Gasteiger partial charge on any atom is 0.116 e. The number of benzene rings is 1.